The molecule has 4 aromatic rings. The number of ether oxygens (including phenoxy) is 1. The Hall–Kier alpha value is -3.52. The number of alkyl halides is 1. The van der Waals surface area contributed by atoms with Crippen molar-refractivity contribution in [2.24, 2.45) is 7.05 Å². The van der Waals surface area contributed by atoms with Gasteiger partial charge in [0.1, 0.15) is 18.2 Å². The SMILES string of the molecule is CN1CCC(F)C1.COc1cc2ncnc(-c3cn(C)nc3-c3ccccc3)c2cc1O. The maximum absolute atomic E-state index is 12.1. The quantitative estimate of drug-likeness (QED) is 0.523. The summed E-state index contributed by atoms with van der Waals surface area (Å²) in [5.41, 5.74) is 4.13. The zero-order valence-corrected chi connectivity index (χ0v) is 18.4. The monoisotopic (exact) mass is 435 g/mol. The molecule has 3 heterocycles. The summed E-state index contributed by atoms with van der Waals surface area (Å²) < 4.78 is 19.1. The number of phenolic OH excluding ortho intramolecular Hbond substituents is 1. The number of aryl methyl sites for hydroxylation is 1. The molecule has 1 aliphatic rings. The number of hydrogen-bond donors (Lipinski definition) is 1. The Labute approximate surface area is 186 Å². The molecule has 0 aliphatic carbocycles. The number of fused-ring (bicyclic) bond motifs is 1. The number of aromatic hydroxyl groups is 1. The first-order valence-corrected chi connectivity index (χ1v) is 10.4. The molecule has 2 aromatic carbocycles. The number of hydrogen-bond acceptors (Lipinski definition) is 6. The van der Waals surface area contributed by atoms with Crippen LogP contribution in [-0.4, -0.2) is 63.2 Å². The van der Waals surface area contributed by atoms with Crippen LogP contribution in [0.15, 0.2) is 55.0 Å². The van der Waals surface area contributed by atoms with Crippen LogP contribution < -0.4 is 4.74 Å². The summed E-state index contributed by atoms with van der Waals surface area (Å²) >= 11 is 0. The third-order valence-electron chi connectivity index (χ3n) is 5.40. The van der Waals surface area contributed by atoms with E-state index in [9.17, 15) is 9.50 Å². The van der Waals surface area contributed by atoms with Gasteiger partial charge in [-0.3, -0.25) is 4.68 Å². The van der Waals surface area contributed by atoms with Crippen LogP contribution in [0.1, 0.15) is 6.42 Å². The van der Waals surface area contributed by atoms with Gasteiger partial charge in [-0.1, -0.05) is 30.3 Å². The first-order valence-electron chi connectivity index (χ1n) is 10.4. The van der Waals surface area contributed by atoms with Crippen LogP contribution in [-0.2, 0) is 7.05 Å². The molecule has 1 unspecified atom stereocenters. The molecule has 1 atom stereocenters. The molecule has 5 rings (SSSR count). The van der Waals surface area contributed by atoms with Gasteiger partial charge in [0.2, 0.25) is 0 Å². The van der Waals surface area contributed by atoms with Crippen molar-refractivity contribution in [2.45, 2.75) is 12.6 Å². The molecule has 0 radical (unpaired) electrons. The second-order valence-corrected chi connectivity index (χ2v) is 7.84. The van der Waals surface area contributed by atoms with Crippen LogP contribution in [0, 0.1) is 0 Å². The molecule has 2 aromatic heterocycles. The van der Waals surface area contributed by atoms with E-state index in [4.69, 9.17) is 4.74 Å². The number of rotatable bonds is 3. The van der Waals surface area contributed by atoms with Crippen molar-refractivity contribution in [2.75, 3.05) is 27.2 Å². The lowest BCUT2D eigenvalue weighted by atomic mass is 10.0. The predicted molar refractivity (Wildman–Crippen MR) is 122 cm³/mol. The van der Waals surface area contributed by atoms with Gasteiger partial charge in [-0.2, -0.15) is 5.10 Å². The van der Waals surface area contributed by atoms with E-state index in [1.165, 1.54) is 13.4 Å². The van der Waals surface area contributed by atoms with Crippen molar-refractivity contribution in [1.82, 2.24) is 24.6 Å². The maximum atomic E-state index is 12.1. The third kappa shape index (κ3) is 4.55. The fraction of sp³-hybridized carbons (Fsp3) is 0.292. The summed E-state index contributed by atoms with van der Waals surface area (Å²) in [7, 11) is 5.33. The minimum absolute atomic E-state index is 0.0520. The van der Waals surface area contributed by atoms with Crippen molar-refractivity contribution in [3.8, 4) is 34.0 Å². The summed E-state index contributed by atoms with van der Waals surface area (Å²) in [6.07, 6.45) is 3.61. The number of nitrogens with zero attached hydrogens (tertiary/aromatic N) is 5. The van der Waals surface area contributed by atoms with E-state index in [0.29, 0.717) is 17.8 Å². The normalized spacial score (nSPS) is 16.1. The smallest absolute Gasteiger partial charge is 0.162 e. The van der Waals surface area contributed by atoms with E-state index in [1.807, 2.05) is 55.5 Å². The topological polar surface area (TPSA) is 76.3 Å². The maximum Gasteiger partial charge on any atom is 0.162 e. The Kier molecular flexibility index (Phi) is 6.32. The average molecular weight is 436 g/mol. The van der Waals surface area contributed by atoms with Crippen LogP contribution in [0.5, 0.6) is 11.5 Å². The molecular formula is C24H26FN5O2. The number of benzene rings is 2. The fourth-order valence-corrected chi connectivity index (χ4v) is 3.80. The third-order valence-corrected chi connectivity index (χ3v) is 5.40. The number of likely N-dealkylation sites (tertiary alicyclic amines) is 1. The Morgan fingerprint density at radius 1 is 1.09 bits per heavy atom. The second-order valence-electron chi connectivity index (χ2n) is 7.84. The highest BCUT2D eigenvalue weighted by molar-refractivity contribution is 5.97. The first-order chi connectivity index (χ1) is 15.5. The zero-order chi connectivity index (χ0) is 22.7. The Balaban J connectivity index is 0.000000300. The number of methoxy groups -OCH3 is 1. The zero-order valence-electron chi connectivity index (χ0n) is 18.4. The lowest BCUT2D eigenvalue weighted by Crippen LogP contribution is -2.13. The van der Waals surface area contributed by atoms with Gasteiger partial charge in [0.05, 0.1) is 18.3 Å². The van der Waals surface area contributed by atoms with E-state index >= 15 is 0 Å². The van der Waals surface area contributed by atoms with Crippen LogP contribution in [0.3, 0.4) is 0 Å². The van der Waals surface area contributed by atoms with Gasteiger partial charge in [-0.05, 0) is 19.5 Å². The van der Waals surface area contributed by atoms with E-state index in [1.54, 1.807) is 16.8 Å². The van der Waals surface area contributed by atoms with Crippen molar-refractivity contribution in [1.29, 1.82) is 0 Å². The van der Waals surface area contributed by atoms with E-state index in [0.717, 1.165) is 40.9 Å². The standard InChI is InChI=1S/C19H16N4O2.C5H10FN/c1-23-10-14(18(22-23)12-6-4-3-5-7-12)19-13-8-16(24)17(25-2)9-15(13)20-11-21-19;1-7-3-2-5(6)4-7/h3-11,24H,1-2H3;5H,2-4H2,1H3. The molecular weight excluding hydrogens is 409 g/mol. The largest absolute Gasteiger partial charge is 0.504 e. The van der Waals surface area contributed by atoms with Gasteiger partial charge in [-0.15, -0.1) is 0 Å². The summed E-state index contributed by atoms with van der Waals surface area (Å²) in [6.45, 7) is 1.57. The van der Waals surface area contributed by atoms with E-state index in [-0.39, 0.29) is 5.75 Å². The highest BCUT2D eigenvalue weighted by atomic mass is 19.1. The number of phenols is 1. The van der Waals surface area contributed by atoms with Crippen molar-refractivity contribution in [3.63, 3.8) is 0 Å². The molecule has 1 saturated heterocycles. The summed E-state index contributed by atoms with van der Waals surface area (Å²) in [6, 6.07) is 13.3. The lowest BCUT2D eigenvalue weighted by Gasteiger charge is -2.08. The van der Waals surface area contributed by atoms with Crippen LogP contribution in [0.4, 0.5) is 4.39 Å². The van der Waals surface area contributed by atoms with Gasteiger partial charge < -0.3 is 14.7 Å². The Morgan fingerprint density at radius 3 is 2.50 bits per heavy atom. The van der Waals surface area contributed by atoms with Gasteiger partial charge in [0.25, 0.3) is 0 Å². The number of halogens is 1. The van der Waals surface area contributed by atoms with Crippen molar-refractivity contribution < 1.29 is 14.2 Å². The molecule has 1 N–H and O–H groups in total. The molecule has 1 aliphatic heterocycles. The molecule has 0 amide bonds. The second kappa shape index (κ2) is 9.32. The summed E-state index contributed by atoms with van der Waals surface area (Å²) in [4.78, 5) is 10.8. The van der Waals surface area contributed by atoms with E-state index < -0.39 is 6.17 Å². The van der Waals surface area contributed by atoms with Crippen LogP contribution in [0.2, 0.25) is 0 Å². The van der Waals surface area contributed by atoms with Crippen molar-refractivity contribution in [3.05, 3.63) is 55.0 Å². The van der Waals surface area contributed by atoms with Gasteiger partial charge in [0, 0.05) is 48.9 Å². The highest BCUT2D eigenvalue weighted by Crippen LogP contribution is 2.37. The minimum Gasteiger partial charge on any atom is -0.504 e. The van der Waals surface area contributed by atoms with E-state index in [2.05, 4.69) is 15.1 Å². The summed E-state index contributed by atoms with van der Waals surface area (Å²) in [5.74, 6) is 0.433. The lowest BCUT2D eigenvalue weighted by molar-refractivity contribution is 0.321. The minimum atomic E-state index is -0.551. The Morgan fingerprint density at radius 2 is 1.88 bits per heavy atom. The molecule has 166 valence electrons. The molecule has 0 saturated carbocycles. The highest BCUT2D eigenvalue weighted by Gasteiger charge is 2.18. The molecule has 32 heavy (non-hydrogen) atoms. The molecule has 0 bridgehead atoms. The van der Waals surface area contributed by atoms with Gasteiger partial charge in [-0.25, -0.2) is 14.4 Å². The summed E-state index contributed by atoms with van der Waals surface area (Å²) in [5, 5.41) is 15.5. The first kappa shape index (κ1) is 21.7. The average Bonchev–Trinajstić information content (AvgIpc) is 3.38. The predicted octanol–water partition coefficient (Wildman–Crippen LogP) is 4.07. The van der Waals surface area contributed by atoms with Gasteiger partial charge >= 0.3 is 0 Å². The number of aromatic nitrogens is 4. The fourth-order valence-electron chi connectivity index (χ4n) is 3.80. The molecule has 7 nitrogen and oxygen atoms in total. The molecule has 1 fully saturated rings. The molecule has 8 heteroatoms. The molecule has 0 spiro atoms. The van der Waals surface area contributed by atoms with Crippen molar-refractivity contribution >= 4 is 10.9 Å². The Bertz CT molecular complexity index is 1200. The van der Waals surface area contributed by atoms with Crippen LogP contribution >= 0.6 is 0 Å². The van der Waals surface area contributed by atoms with Gasteiger partial charge in [0.15, 0.2) is 11.5 Å². The van der Waals surface area contributed by atoms with Crippen LogP contribution in [0.25, 0.3) is 33.4 Å².